The van der Waals surface area contributed by atoms with E-state index in [1.54, 1.807) is 12.1 Å². The first-order valence-electron chi connectivity index (χ1n) is 7.42. The largest absolute Gasteiger partial charge is 0.465 e. The number of halogens is 3. The minimum Gasteiger partial charge on any atom is -0.465 e. The lowest BCUT2D eigenvalue weighted by Crippen LogP contribution is -2.16. The van der Waals surface area contributed by atoms with Gasteiger partial charge in [0.15, 0.2) is 0 Å². The summed E-state index contributed by atoms with van der Waals surface area (Å²) in [6.45, 7) is 6.49. The van der Waals surface area contributed by atoms with Crippen molar-refractivity contribution < 1.29 is 19.1 Å². The van der Waals surface area contributed by atoms with Crippen molar-refractivity contribution in [1.29, 1.82) is 0 Å². The van der Waals surface area contributed by atoms with Gasteiger partial charge in [-0.15, -0.1) is 28.2 Å². The van der Waals surface area contributed by atoms with E-state index in [0.717, 1.165) is 7.76 Å². The van der Waals surface area contributed by atoms with Crippen molar-refractivity contribution in [2.75, 3.05) is 14.2 Å². The van der Waals surface area contributed by atoms with Crippen LogP contribution in [0, 0.1) is 14.3 Å². The van der Waals surface area contributed by atoms with Crippen LogP contribution in [0.1, 0.15) is 25.6 Å². The monoisotopic (exact) mass is 574 g/mol. The molecule has 2 aromatic rings. The second kappa shape index (κ2) is 10.8. The highest BCUT2D eigenvalue weighted by Crippen LogP contribution is 2.29. The van der Waals surface area contributed by atoms with E-state index in [9.17, 15) is 9.59 Å². The zero-order valence-corrected chi connectivity index (χ0v) is 21.5. The number of rotatable bonds is 2. The van der Waals surface area contributed by atoms with E-state index in [2.05, 4.69) is 63.2 Å². The molecule has 4 nitrogen and oxygen atoms in total. The van der Waals surface area contributed by atoms with Crippen molar-refractivity contribution in [3.05, 3.63) is 39.7 Å². The van der Waals surface area contributed by atoms with Gasteiger partial charge in [-0.2, -0.15) is 0 Å². The van der Waals surface area contributed by atoms with E-state index >= 15 is 0 Å². The lowest BCUT2D eigenvalue weighted by atomic mass is 10.3. The summed E-state index contributed by atoms with van der Waals surface area (Å²) < 4.78 is 11.0. The molecule has 0 saturated carbocycles. The van der Waals surface area contributed by atoms with Gasteiger partial charge in [-0.25, -0.2) is 9.59 Å². The minimum atomic E-state index is -1.40. The summed E-state index contributed by atoms with van der Waals surface area (Å²) in [5.41, 5.74) is 4.07. The Morgan fingerprint density at radius 1 is 1.00 bits per heavy atom. The maximum absolute atomic E-state index is 11.3. The summed E-state index contributed by atoms with van der Waals surface area (Å²) in [4.78, 5) is 23.1. The van der Waals surface area contributed by atoms with Gasteiger partial charge in [0.05, 0.1) is 33.1 Å². The molecule has 10 heteroatoms. The van der Waals surface area contributed by atoms with Crippen LogP contribution in [0.2, 0.25) is 28.3 Å². The molecule has 2 heterocycles. The predicted molar refractivity (Wildman–Crippen MR) is 124 cm³/mol. The number of thiophene rings is 2. The smallest absolute Gasteiger partial charge is 0.340 e. The molecule has 0 aliphatic heterocycles. The number of methoxy groups -OCH3 is 2. The standard InChI is InChI=1S/C11H13ClO2SSi.C6H4ClIO2S/c1-14-11(13)9-7-8(15-10(9)12)5-6-16(2,3)4;1-10-6(9)3-2-4(8)11-5(3)7/h7H,1-4H3;2H,1H3. The fourth-order valence-corrected chi connectivity index (χ4v) is 5.57. The van der Waals surface area contributed by atoms with E-state index in [0.29, 0.717) is 19.8 Å². The van der Waals surface area contributed by atoms with Gasteiger partial charge in [-0.05, 0) is 34.7 Å². The molecule has 0 aromatic carbocycles. The van der Waals surface area contributed by atoms with E-state index < -0.39 is 14.0 Å². The molecule has 0 unspecified atom stereocenters. The van der Waals surface area contributed by atoms with Gasteiger partial charge in [0.1, 0.15) is 16.7 Å². The van der Waals surface area contributed by atoms with Crippen molar-refractivity contribution in [2.24, 2.45) is 0 Å². The van der Waals surface area contributed by atoms with Crippen LogP contribution in [-0.4, -0.2) is 34.2 Å². The molecule has 0 fully saturated rings. The van der Waals surface area contributed by atoms with E-state index in [1.165, 1.54) is 36.9 Å². The van der Waals surface area contributed by atoms with Gasteiger partial charge in [0.25, 0.3) is 0 Å². The Bertz CT molecular complexity index is 891. The van der Waals surface area contributed by atoms with Crippen molar-refractivity contribution >= 4 is 88.5 Å². The Morgan fingerprint density at radius 2 is 1.48 bits per heavy atom. The molecule has 0 bridgehead atoms. The van der Waals surface area contributed by atoms with Crippen molar-refractivity contribution in [2.45, 2.75) is 19.6 Å². The zero-order chi connectivity index (χ0) is 20.8. The van der Waals surface area contributed by atoms with Gasteiger partial charge >= 0.3 is 11.9 Å². The zero-order valence-electron chi connectivity index (χ0n) is 15.2. The second-order valence-corrected chi connectivity index (χ2v) is 16.0. The topological polar surface area (TPSA) is 52.6 Å². The molecule has 0 spiro atoms. The van der Waals surface area contributed by atoms with Crippen LogP contribution in [-0.2, 0) is 9.47 Å². The molecule has 0 aliphatic rings. The van der Waals surface area contributed by atoms with Crippen molar-refractivity contribution in [3.8, 4) is 11.5 Å². The van der Waals surface area contributed by atoms with Crippen LogP contribution in [0.4, 0.5) is 0 Å². The van der Waals surface area contributed by atoms with Crippen LogP contribution in [0.25, 0.3) is 0 Å². The molecular weight excluding hydrogens is 558 g/mol. The summed E-state index contributed by atoms with van der Waals surface area (Å²) in [5.74, 6) is 2.27. The molecule has 0 saturated heterocycles. The highest BCUT2D eigenvalue weighted by Gasteiger charge is 2.15. The third kappa shape index (κ3) is 8.13. The number of carbonyl (C=O) groups is 2. The second-order valence-electron chi connectivity index (χ2n) is 6.02. The summed E-state index contributed by atoms with van der Waals surface area (Å²) in [6.07, 6.45) is 0. The number of ether oxygens (including phenoxy) is 2. The first-order chi connectivity index (χ1) is 12.5. The normalized spacial score (nSPS) is 10.2. The van der Waals surface area contributed by atoms with Crippen molar-refractivity contribution in [3.63, 3.8) is 0 Å². The average molecular weight is 575 g/mol. The van der Waals surface area contributed by atoms with Gasteiger partial charge in [0, 0.05) is 0 Å². The number of hydrogen-bond donors (Lipinski definition) is 0. The first kappa shape index (κ1) is 24.5. The fourth-order valence-electron chi connectivity index (χ4n) is 1.52. The lowest BCUT2D eigenvalue weighted by molar-refractivity contribution is 0.0592. The SMILES string of the molecule is COC(=O)c1cc(C#C[Si](C)(C)C)sc1Cl.COC(=O)c1cc(I)sc1Cl. The van der Waals surface area contributed by atoms with Gasteiger partial charge in [-0.3, -0.25) is 0 Å². The lowest BCUT2D eigenvalue weighted by Gasteiger charge is -2.02. The van der Waals surface area contributed by atoms with E-state index in [1.807, 2.05) is 0 Å². The van der Waals surface area contributed by atoms with Crippen LogP contribution in [0.5, 0.6) is 0 Å². The van der Waals surface area contributed by atoms with Crippen LogP contribution in [0.15, 0.2) is 12.1 Å². The average Bonchev–Trinajstić information content (AvgIpc) is 3.13. The van der Waals surface area contributed by atoms with Crippen LogP contribution in [0.3, 0.4) is 0 Å². The quantitative estimate of drug-likeness (QED) is 0.185. The number of hydrogen-bond acceptors (Lipinski definition) is 6. The molecule has 0 radical (unpaired) electrons. The highest BCUT2D eigenvalue weighted by atomic mass is 127. The molecule has 0 N–H and O–H groups in total. The Balaban J connectivity index is 0.000000289. The summed E-state index contributed by atoms with van der Waals surface area (Å²) in [6, 6.07) is 3.39. The number of esters is 2. The summed E-state index contributed by atoms with van der Waals surface area (Å²) in [5, 5.41) is 0. The number of carbonyl (C=O) groups excluding carboxylic acids is 2. The maximum atomic E-state index is 11.3. The Hall–Kier alpha value is -0.573. The first-order valence-corrected chi connectivity index (χ1v) is 14.4. The molecule has 146 valence electrons. The minimum absolute atomic E-state index is 0.380. The molecule has 0 atom stereocenters. The van der Waals surface area contributed by atoms with Gasteiger partial charge in [0.2, 0.25) is 0 Å². The fraction of sp³-hybridized carbons (Fsp3) is 0.294. The molecule has 0 amide bonds. The van der Waals surface area contributed by atoms with Crippen LogP contribution < -0.4 is 0 Å². The predicted octanol–water partition coefficient (Wildman–Crippen LogP) is 6.21. The van der Waals surface area contributed by atoms with E-state index in [4.69, 9.17) is 23.2 Å². The highest BCUT2D eigenvalue weighted by molar-refractivity contribution is 14.1. The van der Waals surface area contributed by atoms with Gasteiger partial charge < -0.3 is 9.47 Å². The maximum Gasteiger partial charge on any atom is 0.340 e. The molecule has 0 aliphatic carbocycles. The summed E-state index contributed by atoms with van der Waals surface area (Å²) in [7, 11) is 1.28. The molecular formula is C17H17Cl2IO4S2Si. The Labute approximate surface area is 191 Å². The van der Waals surface area contributed by atoms with E-state index in [-0.39, 0.29) is 5.97 Å². The Kier molecular flexibility index (Phi) is 9.81. The molecule has 2 rings (SSSR count). The third-order valence-electron chi connectivity index (χ3n) is 2.71. The Morgan fingerprint density at radius 3 is 1.89 bits per heavy atom. The third-order valence-corrected chi connectivity index (χ3v) is 6.98. The molecule has 2 aromatic heterocycles. The molecule has 27 heavy (non-hydrogen) atoms. The van der Waals surface area contributed by atoms with Gasteiger partial charge in [-0.1, -0.05) is 48.8 Å². The summed E-state index contributed by atoms with van der Waals surface area (Å²) >= 11 is 16.4. The van der Waals surface area contributed by atoms with Crippen molar-refractivity contribution in [1.82, 2.24) is 0 Å². The van der Waals surface area contributed by atoms with Crippen LogP contribution >= 0.6 is 68.5 Å².